The Hall–Kier alpha value is -3.49. The van der Waals surface area contributed by atoms with E-state index in [0.717, 1.165) is 25.7 Å². The summed E-state index contributed by atoms with van der Waals surface area (Å²) >= 11 is 0. The second kappa shape index (κ2) is 13.3. The first-order chi connectivity index (χ1) is 26.8. The van der Waals surface area contributed by atoms with Crippen molar-refractivity contribution in [3.63, 3.8) is 0 Å². The number of aliphatic hydroxyl groups is 3. The minimum absolute atomic E-state index is 0.109. The molecule has 4 heterocycles. The molecule has 3 aliphatic carbocycles. The molecule has 3 bridgehead atoms. The van der Waals surface area contributed by atoms with Crippen molar-refractivity contribution in [2.24, 2.45) is 35.5 Å². The van der Waals surface area contributed by atoms with Crippen LogP contribution in [0, 0.1) is 35.5 Å². The van der Waals surface area contributed by atoms with Gasteiger partial charge in [-0.2, -0.15) is 0 Å². The monoisotopic (exact) mass is 772 g/mol. The molecule has 56 heavy (non-hydrogen) atoms. The number of ketones is 1. The number of epoxide rings is 1. The van der Waals surface area contributed by atoms with Crippen LogP contribution in [0.2, 0.25) is 0 Å². The number of carbonyl (C=O) groups excluding carboxylic acids is 3. The summed E-state index contributed by atoms with van der Waals surface area (Å²) in [7, 11) is 0. The van der Waals surface area contributed by atoms with E-state index in [2.05, 4.69) is 13.5 Å². The maximum Gasteiger partial charge on any atom is 0.348 e. The number of carbonyl (C=O) groups is 3. The second-order valence-electron chi connectivity index (χ2n) is 17.6. The SMILES string of the molecule is C=C(C)[C@]12C[C@@H](COC(=O)c3ccccc3)[C@@]34OC5(O[C@@H]1C3[C@@H]1O[C@]1(CO)[C@@H](O)[C@@]1(O)C4C([C@H](C)CCCCCCC5=O)[C@H](C)[C@@H]1OC(=O)c1ccccc1)O2. The van der Waals surface area contributed by atoms with Crippen LogP contribution in [0.1, 0.15) is 86.4 Å². The largest absolute Gasteiger partial charge is 0.462 e. The Kier molecular flexibility index (Phi) is 9.02. The first kappa shape index (κ1) is 38.1. The number of fused-ring (bicyclic) bond motifs is 1. The third kappa shape index (κ3) is 5.05. The summed E-state index contributed by atoms with van der Waals surface area (Å²) in [6.07, 6.45) is -0.874. The van der Waals surface area contributed by atoms with E-state index in [9.17, 15) is 29.7 Å². The lowest BCUT2D eigenvalue weighted by atomic mass is 9.51. The average molecular weight is 773 g/mol. The first-order valence-electron chi connectivity index (χ1n) is 20.3. The van der Waals surface area contributed by atoms with Gasteiger partial charge in [-0.05, 0) is 67.4 Å². The van der Waals surface area contributed by atoms with Crippen LogP contribution in [0.4, 0.5) is 0 Å². The molecule has 2 aromatic rings. The molecule has 0 aromatic heterocycles. The van der Waals surface area contributed by atoms with Gasteiger partial charge in [-0.1, -0.05) is 82.5 Å². The van der Waals surface area contributed by atoms with Crippen LogP contribution in [0.3, 0.4) is 0 Å². The van der Waals surface area contributed by atoms with Gasteiger partial charge >= 0.3 is 17.9 Å². The number of rotatable bonds is 7. The van der Waals surface area contributed by atoms with E-state index >= 15 is 0 Å². The van der Waals surface area contributed by atoms with Crippen LogP contribution in [-0.4, -0.2) is 99.0 Å². The number of esters is 2. The third-order valence-electron chi connectivity index (χ3n) is 14.8. The lowest BCUT2D eigenvalue weighted by molar-refractivity contribution is -0.416. The van der Waals surface area contributed by atoms with Gasteiger partial charge in [0.05, 0.1) is 29.9 Å². The molecule has 3 N–H and O–H groups in total. The van der Waals surface area contributed by atoms with Crippen LogP contribution < -0.4 is 0 Å². The highest BCUT2D eigenvalue weighted by molar-refractivity contribution is 5.90. The molecule has 12 nitrogen and oxygen atoms in total. The van der Waals surface area contributed by atoms with Crippen molar-refractivity contribution in [2.45, 2.75) is 119 Å². The van der Waals surface area contributed by atoms with Gasteiger partial charge in [0.1, 0.15) is 41.2 Å². The van der Waals surface area contributed by atoms with Gasteiger partial charge in [0.2, 0.25) is 5.78 Å². The van der Waals surface area contributed by atoms with Crippen molar-refractivity contribution in [1.29, 1.82) is 0 Å². The maximum atomic E-state index is 14.6. The number of hydrogen-bond acceptors (Lipinski definition) is 12. The number of benzene rings is 2. The molecule has 4 unspecified atom stereocenters. The van der Waals surface area contributed by atoms with Gasteiger partial charge in [-0.25, -0.2) is 9.59 Å². The van der Waals surface area contributed by atoms with Gasteiger partial charge in [0.25, 0.3) is 0 Å². The highest BCUT2D eigenvalue weighted by Gasteiger charge is 2.91. The van der Waals surface area contributed by atoms with Crippen molar-refractivity contribution in [1.82, 2.24) is 0 Å². The maximum absolute atomic E-state index is 14.6. The molecule has 4 saturated heterocycles. The van der Waals surface area contributed by atoms with Crippen molar-refractivity contribution in [3.05, 3.63) is 83.9 Å². The molecule has 4 aliphatic heterocycles. The standard InChI is InChI=1S/C44H52O12/c1-24(2)40-21-29(22-51-37(47)27-16-10-7-11-17-27)43-32-35(40)54-44(55-40,56-43)30(46)20-14-6-5-9-15-25(3)31-26(4)34(52-38(48)28-18-12-8-13-19-28)42(50,33(31)43)39(49)41(23-45)36(32)53-41/h7-8,10-13,16-19,25-26,29,31-36,39,45,49-50H,1,5-6,9,14-15,20-23H2,2-4H3/t25-,26+,29+,31?,32?,33?,34+,35-,36+,39-,40-,41+,42-,43-,44?/m1/s1. The Morgan fingerprint density at radius 3 is 2.23 bits per heavy atom. The smallest absolute Gasteiger partial charge is 0.348 e. The molecule has 0 radical (unpaired) electrons. The molecular formula is C44H52O12. The van der Waals surface area contributed by atoms with Gasteiger partial charge < -0.3 is 43.7 Å². The molecule has 7 aliphatic rings. The Morgan fingerprint density at radius 2 is 1.57 bits per heavy atom. The molecule has 300 valence electrons. The lowest BCUT2D eigenvalue weighted by Gasteiger charge is -2.61. The zero-order chi connectivity index (χ0) is 39.4. The normalized spacial score (nSPS) is 46.0. The fourth-order valence-electron chi connectivity index (χ4n) is 12.3. The van der Waals surface area contributed by atoms with Crippen LogP contribution in [-0.2, 0) is 33.2 Å². The Labute approximate surface area is 326 Å². The topological polar surface area (TPSA) is 171 Å². The fourth-order valence-corrected chi connectivity index (χ4v) is 12.3. The second-order valence-corrected chi connectivity index (χ2v) is 17.6. The predicted octanol–water partition coefficient (Wildman–Crippen LogP) is 4.54. The number of ether oxygens (including phenoxy) is 6. The highest BCUT2D eigenvalue weighted by atomic mass is 16.9. The number of aliphatic hydroxyl groups excluding tert-OH is 2. The lowest BCUT2D eigenvalue weighted by Crippen LogP contribution is -2.75. The van der Waals surface area contributed by atoms with Crippen LogP contribution in [0.5, 0.6) is 0 Å². The summed E-state index contributed by atoms with van der Waals surface area (Å²) in [4.78, 5) is 42.3. The summed E-state index contributed by atoms with van der Waals surface area (Å²) in [5, 5.41) is 37.8. The summed E-state index contributed by atoms with van der Waals surface area (Å²) < 4.78 is 40.0. The summed E-state index contributed by atoms with van der Waals surface area (Å²) in [5.41, 5.74) is -5.83. The Bertz CT molecular complexity index is 1910. The van der Waals surface area contributed by atoms with E-state index < -0.39 is 107 Å². The van der Waals surface area contributed by atoms with E-state index in [1.807, 2.05) is 6.92 Å². The highest BCUT2D eigenvalue weighted by Crippen LogP contribution is 2.75. The zero-order valence-corrected chi connectivity index (χ0v) is 32.1. The molecular weight excluding hydrogens is 720 g/mol. The number of hydrogen-bond donors (Lipinski definition) is 3. The molecule has 12 heteroatoms. The van der Waals surface area contributed by atoms with E-state index in [1.54, 1.807) is 67.6 Å². The Morgan fingerprint density at radius 1 is 0.911 bits per heavy atom. The van der Waals surface area contributed by atoms with E-state index in [1.165, 1.54) is 0 Å². The first-order valence-corrected chi connectivity index (χ1v) is 20.3. The average Bonchev–Trinajstić information content (AvgIpc) is 3.84. The van der Waals surface area contributed by atoms with E-state index in [-0.39, 0.29) is 30.9 Å². The molecule has 2 spiro atoms. The molecule has 7 fully saturated rings. The van der Waals surface area contributed by atoms with E-state index in [4.69, 9.17) is 28.4 Å². The zero-order valence-electron chi connectivity index (χ0n) is 32.1. The van der Waals surface area contributed by atoms with Crippen molar-refractivity contribution in [3.8, 4) is 0 Å². The molecule has 15 atom stereocenters. The van der Waals surface area contributed by atoms with Gasteiger partial charge in [-0.15, -0.1) is 0 Å². The van der Waals surface area contributed by atoms with Crippen LogP contribution in [0.25, 0.3) is 0 Å². The summed E-state index contributed by atoms with van der Waals surface area (Å²) in [6.45, 7) is 9.28. The minimum atomic E-state index is -2.30. The summed E-state index contributed by atoms with van der Waals surface area (Å²) in [6, 6.07) is 17.1. The molecule has 0 amide bonds. The molecule has 2 aromatic carbocycles. The third-order valence-corrected chi connectivity index (χ3v) is 14.8. The van der Waals surface area contributed by atoms with Crippen molar-refractivity contribution < 1.29 is 58.1 Å². The molecule has 3 saturated carbocycles. The predicted molar refractivity (Wildman–Crippen MR) is 198 cm³/mol. The van der Waals surface area contributed by atoms with Gasteiger partial charge in [0.15, 0.2) is 0 Å². The minimum Gasteiger partial charge on any atom is -0.462 e. The Balaban J connectivity index is 1.28. The van der Waals surface area contributed by atoms with Crippen molar-refractivity contribution >= 4 is 17.7 Å². The molecule has 9 rings (SSSR count). The van der Waals surface area contributed by atoms with Gasteiger partial charge in [0, 0.05) is 24.2 Å². The van der Waals surface area contributed by atoms with Crippen LogP contribution in [0.15, 0.2) is 72.8 Å². The van der Waals surface area contributed by atoms with Crippen molar-refractivity contribution in [2.75, 3.05) is 13.2 Å². The van der Waals surface area contributed by atoms with Crippen LogP contribution >= 0.6 is 0 Å². The number of Topliss-reactive ketones (excluding diaryl/α,β-unsaturated/α-hetero) is 1. The van der Waals surface area contributed by atoms with E-state index in [0.29, 0.717) is 17.6 Å². The summed E-state index contributed by atoms with van der Waals surface area (Å²) in [5.74, 6) is -7.74. The quantitative estimate of drug-likeness (QED) is 0.205. The fraction of sp³-hybridized carbons (Fsp3) is 0.614. The van der Waals surface area contributed by atoms with Gasteiger partial charge in [-0.3, -0.25) is 4.79 Å².